The van der Waals surface area contributed by atoms with E-state index in [1.807, 2.05) is 24.3 Å². The van der Waals surface area contributed by atoms with Crippen LogP contribution in [0.4, 0.5) is 5.69 Å². The number of hydrogen-bond acceptors (Lipinski definition) is 3. The molecule has 5 heteroatoms. The quantitative estimate of drug-likeness (QED) is 0.859. The molecule has 2 fully saturated rings. The fourth-order valence-electron chi connectivity index (χ4n) is 3.75. The van der Waals surface area contributed by atoms with Gasteiger partial charge in [-0.1, -0.05) is 18.6 Å². The molecule has 2 aliphatic rings. The van der Waals surface area contributed by atoms with Crippen molar-refractivity contribution >= 4 is 24.0 Å². The Labute approximate surface area is 144 Å². The number of nitrogens with one attached hydrogen (secondary N) is 1. The van der Waals surface area contributed by atoms with E-state index in [9.17, 15) is 4.79 Å². The van der Waals surface area contributed by atoms with Gasteiger partial charge in [0.05, 0.1) is 11.8 Å². The van der Waals surface area contributed by atoms with E-state index in [4.69, 9.17) is 10.5 Å². The van der Waals surface area contributed by atoms with E-state index in [-0.39, 0.29) is 24.2 Å². The monoisotopic (exact) mass is 338 g/mol. The maximum Gasteiger partial charge on any atom is 0.227 e. The standard InChI is InChI=1S/C18H26N2O2.ClH/c19-12-13-6-5-9-15(13)18(21)20-16-10-3-4-11-17(16)22-14-7-1-2-8-14;/h3-4,10-11,13-15H,1-2,5-9,12,19H2,(H,20,21);1H/t13-,15-;/m1./s1. The van der Waals surface area contributed by atoms with E-state index >= 15 is 0 Å². The Morgan fingerprint density at radius 2 is 1.87 bits per heavy atom. The van der Waals surface area contributed by atoms with Gasteiger partial charge in [0.15, 0.2) is 0 Å². The van der Waals surface area contributed by atoms with E-state index in [1.165, 1.54) is 12.8 Å². The van der Waals surface area contributed by atoms with E-state index in [2.05, 4.69) is 5.32 Å². The minimum absolute atomic E-state index is 0. The number of halogens is 1. The summed E-state index contributed by atoms with van der Waals surface area (Å²) in [6.45, 7) is 0.596. The van der Waals surface area contributed by atoms with Gasteiger partial charge in [-0.05, 0) is 63.1 Å². The molecule has 0 unspecified atom stereocenters. The Morgan fingerprint density at radius 3 is 2.61 bits per heavy atom. The van der Waals surface area contributed by atoms with Gasteiger partial charge < -0.3 is 15.8 Å². The highest BCUT2D eigenvalue weighted by atomic mass is 35.5. The third kappa shape index (κ3) is 4.39. The molecular weight excluding hydrogens is 312 g/mol. The van der Waals surface area contributed by atoms with Crippen LogP contribution in [0.25, 0.3) is 0 Å². The van der Waals surface area contributed by atoms with E-state index in [0.717, 1.165) is 43.5 Å². The maximum atomic E-state index is 12.6. The number of anilines is 1. The third-order valence-corrected chi connectivity index (χ3v) is 5.04. The Bertz CT molecular complexity index is 517. The van der Waals surface area contributed by atoms with Crippen molar-refractivity contribution in [1.82, 2.24) is 0 Å². The van der Waals surface area contributed by atoms with Crippen LogP contribution in [0.5, 0.6) is 5.75 Å². The first kappa shape index (κ1) is 18.1. The minimum atomic E-state index is 0. The average Bonchev–Trinajstić information content (AvgIpc) is 3.20. The fourth-order valence-corrected chi connectivity index (χ4v) is 3.75. The summed E-state index contributed by atoms with van der Waals surface area (Å²) >= 11 is 0. The molecule has 1 aromatic carbocycles. The van der Waals surface area contributed by atoms with Crippen LogP contribution in [-0.4, -0.2) is 18.6 Å². The van der Waals surface area contributed by atoms with Crippen molar-refractivity contribution in [3.8, 4) is 5.75 Å². The first-order valence-electron chi connectivity index (χ1n) is 8.54. The number of carbonyl (C=O) groups excluding carboxylic acids is 1. The Kier molecular flexibility index (Phi) is 6.72. The number of benzene rings is 1. The zero-order valence-corrected chi connectivity index (χ0v) is 14.3. The fraction of sp³-hybridized carbons (Fsp3) is 0.611. The van der Waals surface area contributed by atoms with Gasteiger partial charge in [0.25, 0.3) is 0 Å². The van der Waals surface area contributed by atoms with Crippen molar-refractivity contribution in [2.45, 2.75) is 51.0 Å². The van der Waals surface area contributed by atoms with E-state index < -0.39 is 0 Å². The molecule has 23 heavy (non-hydrogen) atoms. The number of nitrogens with two attached hydrogens (primary N) is 1. The molecule has 2 atom stereocenters. The molecule has 0 radical (unpaired) electrons. The van der Waals surface area contributed by atoms with Crippen LogP contribution in [0, 0.1) is 11.8 Å². The molecule has 3 rings (SSSR count). The second kappa shape index (κ2) is 8.55. The summed E-state index contributed by atoms with van der Waals surface area (Å²) in [5.74, 6) is 1.26. The maximum absolute atomic E-state index is 12.6. The molecule has 4 nitrogen and oxygen atoms in total. The predicted octanol–water partition coefficient (Wildman–Crippen LogP) is 3.74. The molecule has 1 aromatic rings. The largest absolute Gasteiger partial charge is 0.488 e. The Balaban J connectivity index is 0.00000192. The first-order chi connectivity index (χ1) is 10.8. The molecule has 2 aliphatic carbocycles. The molecule has 0 spiro atoms. The van der Waals surface area contributed by atoms with Gasteiger partial charge in [0.2, 0.25) is 5.91 Å². The summed E-state index contributed by atoms with van der Waals surface area (Å²) in [6, 6.07) is 7.77. The van der Waals surface area contributed by atoms with Gasteiger partial charge in [-0.15, -0.1) is 12.4 Å². The van der Waals surface area contributed by atoms with E-state index in [1.54, 1.807) is 0 Å². The van der Waals surface area contributed by atoms with E-state index in [0.29, 0.717) is 18.6 Å². The average molecular weight is 339 g/mol. The number of hydrogen-bond donors (Lipinski definition) is 2. The number of carbonyl (C=O) groups is 1. The predicted molar refractivity (Wildman–Crippen MR) is 95.1 cm³/mol. The zero-order valence-electron chi connectivity index (χ0n) is 13.5. The zero-order chi connectivity index (χ0) is 15.4. The summed E-state index contributed by atoms with van der Waals surface area (Å²) < 4.78 is 6.08. The van der Waals surface area contributed by atoms with Crippen molar-refractivity contribution in [3.05, 3.63) is 24.3 Å². The lowest BCUT2D eigenvalue weighted by molar-refractivity contribution is -0.120. The summed E-state index contributed by atoms with van der Waals surface area (Å²) in [4.78, 5) is 12.6. The highest BCUT2D eigenvalue weighted by molar-refractivity contribution is 5.94. The van der Waals surface area contributed by atoms with Crippen molar-refractivity contribution < 1.29 is 9.53 Å². The molecule has 1 amide bonds. The van der Waals surface area contributed by atoms with Gasteiger partial charge in [0, 0.05) is 5.92 Å². The topological polar surface area (TPSA) is 64.4 Å². The highest BCUT2D eigenvalue weighted by Crippen LogP contribution is 2.34. The smallest absolute Gasteiger partial charge is 0.227 e. The lowest BCUT2D eigenvalue weighted by Gasteiger charge is -2.20. The van der Waals surface area contributed by atoms with Gasteiger partial charge in [-0.3, -0.25) is 4.79 Å². The molecule has 0 saturated heterocycles. The molecule has 3 N–H and O–H groups in total. The second-order valence-corrected chi connectivity index (χ2v) is 6.54. The van der Waals surface area contributed by atoms with Crippen LogP contribution in [0.15, 0.2) is 24.3 Å². The molecular formula is C18H27ClN2O2. The Hall–Kier alpha value is -1.26. The summed E-state index contributed by atoms with van der Waals surface area (Å²) in [5.41, 5.74) is 6.58. The summed E-state index contributed by atoms with van der Waals surface area (Å²) in [6.07, 6.45) is 8.09. The van der Waals surface area contributed by atoms with Gasteiger partial charge in [-0.25, -0.2) is 0 Å². The minimum Gasteiger partial charge on any atom is -0.488 e. The SMILES string of the molecule is Cl.NC[C@H]1CCC[C@H]1C(=O)Nc1ccccc1OC1CCCC1. The van der Waals surface area contributed by atoms with Crippen LogP contribution in [0.3, 0.4) is 0 Å². The van der Waals surface area contributed by atoms with Crippen LogP contribution < -0.4 is 15.8 Å². The Morgan fingerprint density at radius 1 is 1.13 bits per heavy atom. The number of para-hydroxylation sites is 2. The van der Waals surface area contributed by atoms with Gasteiger partial charge in [-0.2, -0.15) is 0 Å². The van der Waals surface area contributed by atoms with Crippen molar-refractivity contribution in [1.29, 1.82) is 0 Å². The third-order valence-electron chi connectivity index (χ3n) is 5.04. The second-order valence-electron chi connectivity index (χ2n) is 6.54. The highest BCUT2D eigenvalue weighted by Gasteiger charge is 2.32. The van der Waals surface area contributed by atoms with Crippen molar-refractivity contribution in [2.24, 2.45) is 17.6 Å². The molecule has 0 heterocycles. The number of rotatable bonds is 5. The first-order valence-corrected chi connectivity index (χ1v) is 8.54. The molecule has 128 valence electrons. The number of ether oxygens (including phenoxy) is 1. The van der Waals surface area contributed by atoms with Crippen molar-refractivity contribution in [3.63, 3.8) is 0 Å². The molecule has 0 aromatic heterocycles. The van der Waals surface area contributed by atoms with Crippen LogP contribution in [0.2, 0.25) is 0 Å². The van der Waals surface area contributed by atoms with Crippen LogP contribution in [-0.2, 0) is 4.79 Å². The van der Waals surface area contributed by atoms with Gasteiger partial charge >= 0.3 is 0 Å². The number of amides is 1. The lowest BCUT2D eigenvalue weighted by Crippen LogP contribution is -2.30. The van der Waals surface area contributed by atoms with Crippen LogP contribution in [0.1, 0.15) is 44.9 Å². The normalized spacial score (nSPS) is 24.2. The van der Waals surface area contributed by atoms with Crippen LogP contribution >= 0.6 is 12.4 Å². The molecule has 0 bridgehead atoms. The molecule has 0 aliphatic heterocycles. The van der Waals surface area contributed by atoms with Crippen molar-refractivity contribution in [2.75, 3.05) is 11.9 Å². The summed E-state index contributed by atoms with van der Waals surface area (Å²) in [7, 11) is 0. The summed E-state index contributed by atoms with van der Waals surface area (Å²) in [5, 5.41) is 3.07. The molecule has 2 saturated carbocycles. The lowest BCUT2D eigenvalue weighted by atomic mass is 9.95. The van der Waals surface area contributed by atoms with Gasteiger partial charge in [0.1, 0.15) is 5.75 Å².